The number of phenols is 1. The molecule has 1 fully saturated rings. The molecule has 1 saturated heterocycles. The summed E-state index contributed by atoms with van der Waals surface area (Å²) in [6.45, 7) is 4.15. The molecule has 0 radical (unpaired) electrons. The molecule has 0 bridgehead atoms. The van der Waals surface area contributed by atoms with E-state index in [2.05, 4.69) is 6.58 Å². The molecule has 3 atom stereocenters. The van der Waals surface area contributed by atoms with Gasteiger partial charge in [0.1, 0.15) is 6.61 Å². The van der Waals surface area contributed by atoms with Gasteiger partial charge in [-0.2, -0.15) is 0 Å². The number of para-hydroxylation sites is 1. The zero-order valence-electron chi connectivity index (χ0n) is 19.5. The lowest BCUT2D eigenvalue weighted by atomic mass is 10.1. The lowest BCUT2D eigenvalue weighted by Crippen LogP contribution is -2.55. The molecule has 2 aromatic rings. The fourth-order valence-electron chi connectivity index (χ4n) is 4.96. The molecular formula is C26H28N2O7. The Hall–Kier alpha value is -3.56. The van der Waals surface area contributed by atoms with E-state index >= 15 is 0 Å². The topological polar surface area (TPSA) is 97.8 Å². The largest absolute Gasteiger partial charge is 0.504 e. The second-order valence-electron chi connectivity index (χ2n) is 8.67. The van der Waals surface area contributed by atoms with Gasteiger partial charge in [-0.25, -0.2) is 9.69 Å². The maximum absolute atomic E-state index is 14.0. The number of benzene rings is 2. The Labute approximate surface area is 203 Å². The molecule has 0 aliphatic carbocycles. The van der Waals surface area contributed by atoms with Crippen molar-refractivity contribution in [3.05, 3.63) is 60.2 Å². The zero-order chi connectivity index (χ0) is 24.5. The second kappa shape index (κ2) is 9.59. The van der Waals surface area contributed by atoms with Gasteiger partial charge in [0.25, 0.3) is 5.91 Å². The van der Waals surface area contributed by atoms with E-state index in [0.29, 0.717) is 19.4 Å². The second-order valence-corrected chi connectivity index (χ2v) is 8.67. The van der Waals surface area contributed by atoms with Crippen molar-refractivity contribution in [3.8, 4) is 11.5 Å². The predicted molar refractivity (Wildman–Crippen MR) is 128 cm³/mol. The van der Waals surface area contributed by atoms with Crippen molar-refractivity contribution in [1.82, 2.24) is 0 Å². The number of hydrogen-bond acceptors (Lipinski definition) is 7. The smallest absolute Gasteiger partial charge is 0.416 e. The van der Waals surface area contributed by atoms with Crippen LogP contribution in [0.1, 0.15) is 35.2 Å². The maximum atomic E-state index is 14.0. The van der Waals surface area contributed by atoms with Crippen molar-refractivity contribution < 1.29 is 33.6 Å². The number of carbonyl (C=O) groups is 2. The van der Waals surface area contributed by atoms with Crippen LogP contribution in [0, 0.1) is 0 Å². The Morgan fingerprint density at radius 2 is 2.09 bits per heavy atom. The van der Waals surface area contributed by atoms with Crippen molar-refractivity contribution in [2.45, 2.75) is 44.2 Å². The highest BCUT2D eigenvalue weighted by atomic mass is 16.7. The fraction of sp³-hybridized carbons (Fsp3) is 0.385. The number of nitrogens with zero attached hydrogens (tertiary/aromatic N) is 2. The average Bonchev–Trinajstić information content (AvgIpc) is 3.23. The molecule has 9 heteroatoms. The van der Waals surface area contributed by atoms with Crippen LogP contribution in [0.15, 0.2) is 49.1 Å². The monoisotopic (exact) mass is 480 g/mol. The lowest BCUT2D eigenvalue weighted by molar-refractivity contribution is -0.190. The summed E-state index contributed by atoms with van der Waals surface area (Å²) in [5.41, 5.74) is 2.08. The van der Waals surface area contributed by atoms with E-state index in [9.17, 15) is 14.7 Å². The van der Waals surface area contributed by atoms with Crippen LogP contribution in [0.3, 0.4) is 0 Å². The number of amides is 2. The third-order valence-corrected chi connectivity index (χ3v) is 6.55. The standard InChI is InChI=1S/C26H28N2O7/c1-3-11-34-26(31)28-19-15-21(29)22(32-2)14-17(19)24(30)27-18-9-5-4-8-16(18)13-20(27)25(28)35-23-10-6-7-12-33-23/h3-5,8-9,14-15,20,23,25,29H,1,6-7,10-13H2,2H3/t20-,23?,25-/m0/s1. The van der Waals surface area contributed by atoms with Crippen LogP contribution in [-0.4, -0.2) is 56.0 Å². The molecule has 2 amide bonds. The Morgan fingerprint density at radius 3 is 2.83 bits per heavy atom. The number of ether oxygens (including phenoxy) is 4. The third kappa shape index (κ3) is 4.11. The summed E-state index contributed by atoms with van der Waals surface area (Å²) in [4.78, 5) is 30.4. The lowest BCUT2D eigenvalue weighted by Gasteiger charge is -2.38. The Balaban J connectivity index is 1.68. The molecule has 1 unspecified atom stereocenters. The van der Waals surface area contributed by atoms with Crippen LogP contribution >= 0.6 is 0 Å². The molecule has 0 saturated carbocycles. The molecule has 3 heterocycles. The summed E-state index contributed by atoms with van der Waals surface area (Å²) in [7, 11) is 1.40. The molecular weight excluding hydrogens is 452 g/mol. The van der Waals surface area contributed by atoms with Gasteiger partial charge in [0.05, 0.1) is 24.4 Å². The van der Waals surface area contributed by atoms with Gasteiger partial charge in [0, 0.05) is 18.4 Å². The van der Waals surface area contributed by atoms with Crippen LogP contribution in [0.2, 0.25) is 0 Å². The minimum absolute atomic E-state index is 0.0258. The molecule has 2 aromatic carbocycles. The molecule has 5 rings (SSSR count). The first kappa shape index (κ1) is 23.2. The molecule has 1 N–H and O–H groups in total. The normalized spacial score (nSPS) is 23.1. The number of phenolic OH excluding ortho intramolecular Hbond substituents is 1. The predicted octanol–water partition coefficient (Wildman–Crippen LogP) is 3.98. The van der Waals surface area contributed by atoms with Crippen molar-refractivity contribution in [3.63, 3.8) is 0 Å². The SMILES string of the molecule is C=CCOC(=O)N1c2cc(O)c(OC)cc2C(=O)N2c3ccccc3C[C@H]2[C@@H]1OC1CCCCO1. The van der Waals surface area contributed by atoms with Gasteiger partial charge in [-0.05, 0) is 43.4 Å². The molecule has 9 nitrogen and oxygen atoms in total. The van der Waals surface area contributed by atoms with E-state index in [1.807, 2.05) is 24.3 Å². The van der Waals surface area contributed by atoms with Gasteiger partial charge < -0.3 is 29.0 Å². The Kier molecular flexibility index (Phi) is 6.36. The van der Waals surface area contributed by atoms with Gasteiger partial charge in [-0.3, -0.25) is 4.79 Å². The quantitative estimate of drug-likeness (QED) is 0.647. The van der Waals surface area contributed by atoms with E-state index in [0.717, 1.165) is 24.1 Å². The third-order valence-electron chi connectivity index (χ3n) is 6.55. The number of aromatic hydroxyl groups is 1. The summed E-state index contributed by atoms with van der Waals surface area (Å²) in [6.07, 6.45) is 2.28. The summed E-state index contributed by atoms with van der Waals surface area (Å²) < 4.78 is 23.0. The Bertz CT molecular complexity index is 1140. The minimum atomic E-state index is -0.930. The van der Waals surface area contributed by atoms with Gasteiger partial charge in [-0.1, -0.05) is 30.9 Å². The van der Waals surface area contributed by atoms with E-state index in [1.54, 1.807) is 4.90 Å². The highest BCUT2D eigenvalue weighted by Crippen LogP contribution is 2.45. The van der Waals surface area contributed by atoms with Crippen LogP contribution in [0.4, 0.5) is 16.2 Å². The number of fused-ring (bicyclic) bond motifs is 4. The number of anilines is 2. The Morgan fingerprint density at radius 1 is 1.26 bits per heavy atom. The van der Waals surface area contributed by atoms with Gasteiger partial charge >= 0.3 is 6.09 Å². The number of carbonyl (C=O) groups excluding carboxylic acids is 2. The average molecular weight is 481 g/mol. The van der Waals surface area contributed by atoms with Crippen molar-refractivity contribution >= 4 is 23.4 Å². The summed E-state index contributed by atoms with van der Waals surface area (Å²) in [6, 6.07) is 9.87. The van der Waals surface area contributed by atoms with Gasteiger partial charge in [0.15, 0.2) is 24.0 Å². The molecule has 3 aliphatic rings. The number of hydrogen-bond donors (Lipinski definition) is 1. The van der Waals surface area contributed by atoms with Gasteiger partial charge in [-0.15, -0.1) is 0 Å². The first-order valence-corrected chi connectivity index (χ1v) is 11.7. The van der Waals surface area contributed by atoms with Crippen molar-refractivity contribution in [1.29, 1.82) is 0 Å². The maximum Gasteiger partial charge on any atom is 0.416 e. The molecule has 35 heavy (non-hydrogen) atoms. The summed E-state index contributed by atoms with van der Waals surface area (Å²) in [5.74, 6) is -0.420. The fourth-order valence-corrected chi connectivity index (χ4v) is 4.96. The zero-order valence-corrected chi connectivity index (χ0v) is 19.5. The molecule has 3 aliphatic heterocycles. The van der Waals surface area contributed by atoms with Crippen LogP contribution in [-0.2, 0) is 20.6 Å². The highest BCUT2D eigenvalue weighted by Gasteiger charge is 2.49. The van der Waals surface area contributed by atoms with Gasteiger partial charge in [0.2, 0.25) is 0 Å². The van der Waals surface area contributed by atoms with Crippen LogP contribution in [0.25, 0.3) is 0 Å². The molecule has 0 spiro atoms. The van der Waals surface area contributed by atoms with Crippen molar-refractivity contribution in [2.24, 2.45) is 0 Å². The van der Waals surface area contributed by atoms with E-state index in [-0.39, 0.29) is 35.3 Å². The number of rotatable bonds is 5. The first-order valence-electron chi connectivity index (χ1n) is 11.7. The highest BCUT2D eigenvalue weighted by molar-refractivity contribution is 6.14. The molecule has 184 valence electrons. The van der Waals surface area contributed by atoms with E-state index < -0.39 is 24.7 Å². The summed E-state index contributed by atoms with van der Waals surface area (Å²) in [5, 5.41) is 10.6. The van der Waals surface area contributed by atoms with Crippen LogP contribution in [0.5, 0.6) is 11.5 Å². The first-order chi connectivity index (χ1) is 17.0. The number of methoxy groups -OCH3 is 1. The van der Waals surface area contributed by atoms with Crippen molar-refractivity contribution in [2.75, 3.05) is 30.1 Å². The minimum Gasteiger partial charge on any atom is -0.504 e. The van der Waals surface area contributed by atoms with E-state index in [1.165, 1.54) is 30.2 Å². The van der Waals surface area contributed by atoms with Crippen LogP contribution < -0.4 is 14.5 Å². The summed E-state index contributed by atoms with van der Waals surface area (Å²) >= 11 is 0. The molecule has 0 aromatic heterocycles. The van der Waals surface area contributed by atoms with E-state index in [4.69, 9.17) is 18.9 Å².